The Morgan fingerprint density at radius 1 is 1.27 bits per heavy atom. The van der Waals surface area contributed by atoms with Crippen molar-refractivity contribution in [2.24, 2.45) is 0 Å². The fraction of sp³-hybridized carbons (Fsp3) is 0.444. The molecule has 2 saturated heterocycles. The zero-order valence-corrected chi connectivity index (χ0v) is 16.2. The highest BCUT2D eigenvalue weighted by Crippen LogP contribution is 2.40. The lowest BCUT2D eigenvalue weighted by atomic mass is 10.1. The van der Waals surface area contributed by atoms with Crippen molar-refractivity contribution in [3.8, 4) is 6.07 Å². The van der Waals surface area contributed by atoms with Crippen LogP contribution in [0.4, 0.5) is 0 Å². The van der Waals surface area contributed by atoms with E-state index in [1.54, 1.807) is 35.2 Å². The van der Waals surface area contributed by atoms with Gasteiger partial charge < -0.3 is 4.90 Å². The van der Waals surface area contributed by atoms with E-state index in [9.17, 15) is 13.2 Å². The van der Waals surface area contributed by atoms with Crippen LogP contribution in [0.15, 0.2) is 22.4 Å². The molecule has 0 aliphatic carbocycles. The molecular weight excluding hydrogens is 370 g/mol. The minimum absolute atomic E-state index is 0.0119. The van der Waals surface area contributed by atoms with Gasteiger partial charge in [0.2, 0.25) is 5.91 Å². The highest BCUT2D eigenvalue weighted by atomic mass is 32.2. The summed E-state index contributed by atoms with van der Waals surface area (Å²) < 4.78 is 29.5. The Morgan fingerprint density at radius 2 is 2.00 bits per heavy atom. The number of aryl methyl sites for hydroxylation is 1. The van der Waals surface area contributed by atoms with Crippen LogP contribution < -0.4 is 0 Å². The number of rotatable bonds is 2. The van der Waals surface area contributed by atoms with Crippen molar-refractivity contribution in [2.45, 2.75) is 43.0 Å². The average Bonchev–Trinajstić information content (AvgIpc) is 3.27. The lowest BCUT2D eigenvalue weighted by Gasteiger charge is -2.24. The molecule has 0 saturated carbocycles. The van der Waals surface area contributed by atoms with Crippen LogP contribution in [0.5, 0.6) is 0 Å². The lowest BCUT2D eigenvalue weighted by molar-refractivity contribution is -0.129. The molecule has 8 heteroatoms. The minimum Gasteiger partial charge on any atom is -0.338 e. The first-order valence-electron chi connectivity index (χ1n) is 8.57. The van der Waals surface area contributed by atoms with Gasteiger partial charge in [-0.2, -0.15) is 9.57 Å². The van der Waals surface area contributed by atoms with E-state index < -0.39 is 10.0 Å². The van der Waals surface area contributed by atoms with E-state index >= 15 is 0 Å². The molecule has 0 bridgehead atoms. The molecule has 0 unspecified atom stereocenters. The van der Waals surface area contributed by atoms with Gasteiger partial charge in [0.25, 0.3) is 10.0 Å². The van der Waals surface area contributed by atoms with Gasteiger partial charge in [0.15, 0.2) is 0 Å². The van der Waals surface area contributed by atoms with Crippen molar-refractivity contribution in [3.63, 3.8) is 0 Å². The van der Waals surface area contributed by atoms with Gasteiger partial charge in [-0.05, 0) is 48.9 Å². The fourth-order valence-electron chi connectivity index (χ4n) is 4.26. The molecule has 0 N–H and O–H groups in total. The average molecular weight is 390 g/mol. The molecule has 136 valence electrons. The molecule has 0 radical (unpaired) electrons. The summed E-state index contributed by atoms with van der Waals surface area (Å²) in [6.45, 7) is 4.41. The van der Waals surface area contributed by atoms with Crippen molar-refractivity contribution < 1.29 is 13.2 Å². The molecule has 2 fully saturated rings. The third kappa shape index (κ3) is 2.46. The van der Waals surface area contributed by atoms with Crippen LogP contribution >= 0.6 is 11.3 Å². The molecule has 0 spiro atoms. The summed E-state index contributed by atoms with van der Waals surface area (Å²) >= 11 is 1.26. The van der Waals surface area contributed by atoms with Crippen LogP contribution in [0.2, 0.25) is 0 Å². The van der Waals surface area contributed by atoms with Gasteiger partial charge in [0.05, 0.1) is 11.6 Å². The maximum Gasteiger partial charge on any atom is 0.253 e. The van der Waals surface area contributed by atoms with Gasteiger partial charge in [-0.15, -0.1) is 11.3 Å². The molecule has 1 amide bonds. The van der Waals surface area contributed by atoms with Crippen LogP contribution in [0.3, 0.4) is 0 Å². The van der Waals surface area contributed by atoms with Gasteiger partial charge in [-0.25, -0.2) is 8.42 Å². The normalized spacial score (nSPS) is 23.3. The Bertz CT molecular complexity index is 1050. The van der Waals surface area contributed by atoms with Crippen molar-refractivity contribution >= 4 is 37.4 Å². The fourth-order valence-corrected chi connectivity index (χ4v) is 7.81. The predicted molar refractivity (Wildman–Crippen MR) is 99.4 cm³/mol. The Morgan fingerprint density at radius 3 is 2.69 bits per heavy atom. The number of amides is 1. The second kappa shape index (κ2) is 6.05. The summed E-state index contributed by atoms with van der Waals surface area (Å²) in [5.41, 5.74) is 1.23. The van der Waals surface area contributed by atoms with E-state index in [0.29, 0.717) is 41.3 Å². The summed E-state index contributed by atoms with van der Waals surface area (Å²) in [5.74, 6) is 0.0128. The summed E-state index contributed by atoms with van der Waals surface area (Å²) in [5, 5.41) is 9.91. The molecule has 1 aromatic heterocycles. The van der Waals surface area contributed by atoms with Crippen LogP contribution in [0.25, 0.3) is 10.1 Å². The number of nitrogens with zero attached hydrogens (tertiary/aromatic N) is 3. The van der Waals surface area contributed by atoms with Crippen LogP contribution in [0, 0.1) is 18.3 Å². The second-order valence-corrected chi connectivity index (χ2v) is 10.0. The molecule has 4 rings (SSSR count). The zero-order chi connectivity index (χ0) is 18.6. The molecule has 6 nitrogen and oxygen atoms in total. The summed E-state index contributed by atoms with van der Waals surface area (Å²) in [6, 6.07) is 7.23. The van der Waals surface area contributed by atoms with Crippen LogP contribution in [-0.4, -0.2) is 48.7 Å². The van der Waals surface area contributed by atoms with E-state index in [-0.39, 0.29) is 18.0 Å². The maximum atomic E-state index is 13.4. The standard InChI is InChI=1S/C18H19N3O3S2/c1-11-14-9-13(10-19)3-4-17(14)25-18(11)26(23,24)21-8-6-15-16(21)5-7-20(15)12(2)22/h3-4,9,15-16H,5-8H2,1-2H3/t15-,16-/m0/s1. The molecule has 2 aliphatic heterocycles. The number of sulfonamides is 1. The van der Waals surface area contributed by atoms with E-state index in [2.05, 4.69) is 6.07 Å². The van der Waals surface area contributed by atoms with Crippen LogP contribution in [0.1, 0.15) is 30.9 Å². The van der Waals surface area contributed by atoms with E-state index in [1.807, 2.05) is 6.07 Å². The molecule has 2 aromatic rings. The third-order valence-corrected chi connectivity index (χ3v) is 9.29. The Balaban J connectivity index is 1.74. The highest BCUT2D eigenvalue weighted by Gasteiger charge is 2.48. The second-order valence-electron chi connectivity index (χ2n) is 6.88. The van der Waals surface area contributed by atoms with E-state index in [1.165, 1.54) is 11.3 Å². The minimum atomic E-state index is -3.62. The number of nitriles is 1. The molecule has 3 heterocycles. The number of likely N-dealkylation sites (tertiary alicyclic amines) is 1. The number of carbonyl (C=O) groups is 1. The van der Waals surface area contributed by atoms with Gasteiger partial charge in [0.1, 0.15) is 4.21 Å². The number of hydrogen-bond acceptors (Lipinski definition) is 5. The quantitative estimate of drug-likeness (QED) is 0.790. The number of carbonyl (C=O) groups excluding carboxylic acids is 1. The first-order chi connectivity index (χ1) is 12.3. The molecule has 1 aromatic carbocycles. The molecular formula is C18H19N3O3S2. The monoisotopic (exact) mass is 389 g/mol. The van der Waals surface area contributed by atoms with Gasteiger partial charge in [-0.3, -0.25) is 4.79 Å². The van der Waals surface area contributed by atoms with Crippen molar-refractivity contribution in [2.75, 3.05) is 13.1 Å². The SMILES string of the molecule is CC(=O)N1CC[C@H]2[C@@H]1CCN2S(=O)(=O)c1sc2ccc(C#N)cc2c1C. The number of thiophene rings is 1. The number of hydrogen-bond donors (Lipinski definition) is 0. The lowest BCUT2D eigenvalue weighted by Crippen LogP contribution is -2.40. The molecule has 26 heavy (non-hydrogen) atoms. The predicted octanol–water partition coefficient (Wildman–Crippen LogP) is 2.47. The van der Waals surface area contributed by atoms with E-state index in [0.717, 1.165) is 10.1 Å². The van der Waals surface area contributed by atoms with Gasteiger partial charge in [-0.1, -0.05) is 0 Å². The topological polar surface area (TPSA) is 81.5 Å². The first-order valence-corrected chi connectivity index (χ1v) is 10.8. The summed E-state index contributed by atoms with van der Waals surface area (Å²) in [6.07, 6.45) is 1.37. The van der Waals surface area contributed by atoms with Crippen LogP contribution in [-0.2, 0) is 14.8 Å². The van der Waals surface area contributed by atoms with E-state index in [4.69, 9.17) is 5.26 Å². The largest absolute Gasteiger partial charge is 0.338 e. The maximum absolute atomic E-state index is 13.4. The van der Waals surface area contributed by atoms with Gasteiger partial charge in [0, 0.05) is 36.8 Å². The number of benzene rings is 1. The zero-order valence-electron chi connectivity index (χ0n) is 14.6. The Labute approximate surface area is 156 Å². The first kappa shape index (κ1) is 17.5. The van der Waals surface area contributed by atoms with Gasteiger partial charge >= 0.3 is 0 Å². The van der Waals surface area contributed by atoms with Crippen molar-refractivity contribution in [1.29, 1.82) is 5.26 Å². The van der Waals surface area contributed by atoms with Crippen molar-refractivity contribution in [1.82, 2.24) is 9.21 Å². The molecule has 2 aliphatic rings. The smallest absolute Gasteiger partial charge is 0.253 e. The summed E-state index contributed by atoms with van der Waals surface area (Å²) in [4.78, 5) is 13.6. The Hall–Kier alpha value is -1.95. The third-order valence-electron chi connectivity index (χ3n) is 5.49. The van der Waals surface area contributed by atoms with Crippen molar-refractivity contribution in [3.05, 3.63) is 29.3 Å². The highest BCUT2D eigenvalue weighted by molar-refractivity contribution is 7.91. The Kier molecular flexibility index (Phi) is 4.06. The summed E-state index contributed by atoms with van der Waals surface area (Å²) in [7, 11) is -3.62. The number of fused-ring (bicyclic) bond motifs is 2. The molecule has 2 atom stereocenters.